The molecule has 2 heteroatoms. The summed E-state index contributed by atoms with van der Waals surface area (Å²) >= 11 is 0. The first-order valence-electron chi connectivity index (χ1n) is 6.83. The minimum Gasteiger partial charge on any atom is -0.399 e. The molecule has 0 aromatic heterocycles. The predicted octanol–water partition coefficient (Wildman–Crippen LogP) is 2.69. The molecule has 1 saturated heterocycles. The van der Waals surface area contributed by atoms with Gasteiger partial charge in [-0.2, -0.15) is 0 Å². The average Bonchev–Trinajstić information content (AvgIpc) is 2.76. The maximum atomic E-state index is 5.69. The van der Waals surface area contributed by atoms with E-state index in [4.69, 9.17) is 5.73 Å². The normalized spacial score (nSPS) is 22.8. The second kappa shape index (κ2) is 4.34. The van der Waals surface area contributed by atoms with Crippen LogP contribution >= 0.6 is 0 Å². The van der Waals surface area contributed by atoms with E-state index in [2.05, 4.69) is 17.0 Å². The molecular weight excluding hydrogens is 208 g/mol. The van der Waals surface area contributed by atoms with Crippen molar-refractivity contribution in [2.24, 2.45) is 5.41 Å². The van der Waals surface area contributed by atoms with Gasteiger partial charge in [-0.25, -0.2) is 0 Å². The van der Waals surface area contributed by atoms with Crippen LogP contribution in [0.3, 0.4) is 0 Å². The third-order valence-corrected chi connectivity index (χ3v) is 4.48. The first kappa shape index (κ1) is 11.1. The largest absolute Gasteiger partial charge is 0.399 e. The van der Waals surface area contributed by atoms with Crippen LogP contribution in [-0.4, -0.2) is 24.5 Å². The number of hydrogen-bond acceptors (Lipinski definition) is 2. The molecule has 2 nitrogen and oxygen atoms in total. The molecule has 2 aliphatic rings. The number of rotatable bonds is 3. The fourth-order valence-electron chi connectivity index (χ4n) is 3.47. The Morgan fingerprint density at radius 3 is 2.35 bits per heavy atom. The summed E-state index contributed by atoms with van der Waals surface area (Å²) in [7, 11) is 0. The topological polar surface area (TPSA) is 29.3 Å². The quantitative estimate of drug-likeness (QED) is 0.809. The molecule has 92 valence electrons. The number of anilines is 1. The van der Waals surface area contributed by atoms with E-state index in [9.17, 15) is 0 Å². The Labute approximate surface area is 104 Å². The van der Waals surface area contributed by atoms with Crippen LogP contribution in [0.5, 0.6) is 0 Å². The van der Waals surface area contributed by atoms with Crippen molar-refractivity contribution in [1.29, 1.82) is 0 Å². The molecule has 0 unspecified atom stereocenters. The average molecular weight is 230 g/mol. The maximum Gasteiger partial charge on any atom is 0.0314 e. The summed E-state index contributed by atoms with van der Waals surface area (Å²) in [6.45, 7) is 3.91. The predicted molar refractivity (Wildman–Crippen MR) is 71.9 cm³/mol. The van der Waals surface area contributed by atoms with Crippen LogP contribution in [0, 0.1) is 5.41 Å². The van der Waals surface area contributed by atoms with Gasteiger partial charge in [0, 0.05) is 25.3 Å². The van der Waals surface area contributed by atoms with Gasteiger partial charge in [-0.3, -0.25) is 0 Å². The minimum atomic E-state index is 0.737. The number of likely N-dealkylation sites (tertiary alicyclic amines) is 1. The molecule has 2 N–H and O–H groups in total. The second-order valence-corrected chi connectivity index (χ2v) is 5.91. The Morgan fingerprint density at radius 2 is 1.71 bits per heavy atom. The van der Waals surface area contributed by atoms with Crippen LogP contribution in [0.1, 0.15) is 31.2 Å². The van der Waals surface area contributed by atoms with Crippen LogP contribution in [0.4, 0.5) is 5.69 Å². The first-order valence-corrected chi connectivity index (χ1v) is 6.83. The SMILES string of the molecule is Nc1ccc(CCN2CC3(CCCC3)C2)cc1. The summed E-state index contributed by atoms with van der Waals surface area (Å²) in [5.74, 6) is 0. The lowest BCUT2D eigenvalue weighted by Gasteiger charge is -2.48. The minimum absolute atomic E-state index is 0.737. The zero-order chi connectivity index (χ0) is 11.7. The highest BCUT2D eigenvalue weighted by Gasteiger charge is 2.43. The van der Waals surface area contributed by atoms with Crippen LogP contribution in [0.15, 0.2) is 24.3 Å². The molecule has 1 saturated carbocycles. The smallest absolute Gasteiger partial charge is 0.0314 e. The third-order valence-electron chi connectivity index (χ3n) is 4.48. The van der Waals surface area contributed by atoms with E-state index in [1.165, 1.54) is 50.9 Å². The highest BCUT2D eigenvalue weighted by atomic mass is 15.2. The first-order chi connectivity index (χ1) is 8.26. The molecule has 3 rings (SSSR count). The number of benzene rings is 1. The second-order valence-electron chi connectivity index (χ2n) is 5.91. The van der Waals surface area contributed by atoms with Gasteiger partial charge in [0.25, 0.3) is 0 Å². The molecule has 0 bridgehead atoms. The molecule has 2 fully saturated rings. The fraction of sp³-hybridized carbons (Fsp3) is 0.600. The summed E-state index contributed by atoms with van der Waals surface area (Å²) < 4.78 is 0. The van der Waals surface area contributed by atoms with E-state index in [-0.39, 0.29) is 0 Å². The summed E-state index contributed by atoms with van der Waals surface area (Å²) in [5.41, 5.74) is 8.70. The lowest BCUT2D eigenvalue weighted by molar-refractivity contribution is 0.00732. The fourth-order valence-corrected chi connectivity index (χ4v) is 3.47. The van der Waals surface area contributed by atoms with E-state index >= 15 is 0 Å². The van der Waals surface area contributed by atoms with Crippen LogP contribution in [0.25, 0.3) is 0 Å². The zero-order valence-corrected chi connectivity index (χ0v) is 10.5. The van der Waals surface area contributed by atoms with Crippen LogP contribution < -0.4 is 5.73 Å². The molecule has 1 aromatic carbocycles. The van der Waals surface area contributed by atoms with Gasteiger partial charge in [-0.05, 0) is 42.4 Å². The molecule has 1 aliphatic heterocycles. The van der Waals surface area contributed by atoms with Crippen molar-refractivity contribution in [2.75, 3.05) is 25.4 Å². The highest BCUT2D eigenvalue weighted by Crippen LogP contribution is 2.45. The van der Waals surface area contributed by atoms with Crippen molar-refractivity contribution in [3.63, 3.8) is 0 Å². The Morgan fingerprint density at radius 1 is 1.06 bits per heavy atom. The van der Waals surface area contributed by atoms with E-state index in [0.29, 0.717) is 0 Å². The van der Waals surface area contributed by atoms with Gasteiger partial charge in [0.05, 0.1) is 0 Å². The molecule has 1 spiro atoms. The van der Waals surface area contributed by atoms with Gasteiger partial charge >= 0.3 is 0 Å². The van der Waals surface area contributed by atoms with Crippen molar-refractivity contribution < 1.29 is 0 Å². The Balaban J connectivity index is 1.45. The van der Waals surface area contributed by atoms with Crippen LogP contribution in [0.2, 0.25) is 0 Å². The Kier molecular flexibility index (Phi) is 2.83. The van der Waals surface area contributed by atoms with Crippen molar-refractivity contribution in [1.82, 2.24) is 4.90 Å². The molecular formula is C15H22N2. The lowest BCUT2D eigenvalue weighted by atomic mass is 9.78. The van der Waals surface area contributed by atoms with E-state index in [1.54, 1.807) is 0 Å². The number of nitrogens with two attached hydrogens (primary N) is 1. The van der Waals surface area contributed by atoms with E-state index < -0.39 is 0 Å². The van der Waals surface area contributed by atoms with E-state index in [1.807, 2.05) is 12.1 Å². The summed E-state index contributed by atoms with van der Waals surface area (Å²) in [6.07, 6.45) is 7.05. The highest BCUT2D eigenvalue weighted by molar-refractivity contribution is 5.39. The van der Waals surface area contributed by atoms with Gasteiger partial charge in [0.1, 0.15) is 0 Å². The Bertz CT molecular complexity index is 368. The van der Waals surface area contributed by atoms with Crippen molar-refractivity contribution in [3.8, 4) is 0 Å². The standard InChI is InChI=1S/C15H22N2/c16-14-5-3-13(4-6-14)7-10-17-11-15(12-17)8-1-2-9-15/h3-6H,1-2,7-12,16H2. The maximum absolute atomic E-state index is 5.69. The van der Waals surface area contributed by atoms with Crippen molar-refractivity contribution >= 4 is 5.69 Å². The van der Waals surface area contributed by atoms with Crippen molar-refractivity contribution in [2.45, 2.75) is 32.1 Å². The summed E-state index contributed by atoms with van der Waals surface area (Å²) in [4.78, 5) is 2.61. The molecule has 0 atom stereocenters. The number of nitrogens with zero attached hydrogens (tertiary/aromatic N) is 1. The zero-order valence-electron chi connectivity index (χ0n) is 10.5. The van der Waals surface area contributed by atoms with Crippen molar-refractivity contribution in [3.05, 3.63) is 29.8 Å². The van der Waals surface area contributed by atoms with E-state index in [0.717, 1.165) is 17.5 Å². The monoisotopic (exact) mass is 230 g/mol. The Hall–Kier alpha value is -1.02. The molecule has 17 heavy (non-hydrogen) atoms. The molecule has 0 amide bonds. The third kappa shape index (κ3) is 2.32. The molecule has 1 aliphatic carbocycles. The van der Waals surface area contributed by atoms with Gasteiger partial charge in [0.2, 0.25) is 0 Å². The summed E-state index contributed by atoms with van der Waals surface area (Å²) in [5, 5.41) is 0. The van der Waals surface area contributed by atoms with Gasteiger partial charge in [-0.15, -0.1) is 0 Å². The summed E-state index contributed by atoms with van der Waals surface area (Å²) in [6, 6.07) is 8.31. The van der Waals surface area contributed by atoms with Gasteiger partial charge in [-0.1, -0.05) is 25.0 Å². The molecule has 1 aromatic rings. The number of nitrogen functional groups attached to an aromatic ring is 1. The lowest BCUT2D eigenvalue weighted by Crippen LogP contribution is -2.55. The molecule has 0 radical (unpaired) electrons. The molecule has 1 heterocycles. The van der Waals surface area contributed by atoms with Gasteiger partial charge < -0.3 is 10.6 Å². The van der Waals surface area contributed by atoms with Crippen LogP contribution in [-0.2, 0) is 6.42 Å². The number of hydrogen-bond donors (Lipinski definition) is 1. The van der Waals surface area contributed by atoms with Gasteiger partial charge in [0.15, 0.2) is 0 Å².